The fraction of sp³-hybridized carbons (Fsp3) is 0.632. The van der Waals surface area contributed by atoms with Crippen molar-refractivity contribution in [1.29, 1.82) is 0 Å². The SMILES string of the molecule is C[S@](=O)Cc1cccc(C(=O)N2CC3C[C@@H]4CC2C[C@H](C3)C4)c1. The Labute approximate surface area is 140 Å². The third-order valence-electron chi connectivity index (χ3n) is 5.91. The molecule has 5 atom stereocenters. The second-order valence-corrected chi connectivity index (χ2v) is 9.24. The lowest BCUT2D eigenvalue weighted by Crippen LogP contribution is -2.42. The van der Waals surface area contributed by atoms with Gasteiger partial charge in [-0.25, -0.2) is 0 Å². The van der Waals surface area contributed by atoms with Crippen LogP contribution in [-0.2, 0) is 16.6 Å². The van der Waals surface area contributed by atoms with Gasteiger partial charge >= 0.3 is 0 Å². The quantitative estimate of drug-likeness (QED) is 0.853. The van der Waals surface area contributed by atoms with Gasteiger partial charge in [0.25, 0.3) is 5.91 Å². The van der Waals surface area contributed by atoms with E-state index in [-0.39, 0.29) is 5.91 Å². The first-order chi connectivity index (χ1) is 11.1. The van der Waals surface area contributed by atoms with Crippen LogP contribution >= 0.6 is 0 Å². The summed E-state index contributed by atoms with van der Waals surface area (Å²) >= 11 is 0. The lowest BCUT2D eigenvalue weighted by Gasteiger charge is -2.39. The maximum absolute atomic E-state index is 13.1. The van der Waals surface area contributed by atoms with Crippen molar-refractivity contribution in [2.75, 3.05) is 12.8 Å². The zero-order valence-corrected chi connectivity index (χ0v) is 14.6. The molecule has 0 spiro atoms. The number of amides is 1. The Morgan fingerprint density at radius 3 is 2.52 bits per heavy atom. The van der Waals surface area contributed by atoms with Crippen molar-refractivity contribution in [2.45, 2.75) is 43.9 Å². The Morgan fingerprint density at radius 1 is 1.13 bits per heavy atom. The van der Waals surface area contributed by atoms with E-state index in [4.69, 9.17) is 0 Å². The molecule has 1 aromatic rings. The van der Waals surface area contributed by atoms with Crippen LogP contribution in [-0.4, -0.2) is 33.9 Å². The van der Waals surface area contributed by atoms with E-state index in [1.165, 1.54) is 32.1 Å². The molecule has 23 heavy (non-hydrogen) atoms. The molecule has 2 aliphatic heterocycles. The zero-order valence-electron chi connectivity index (χ0n) is 13.7. The van der Waals surface area contributed by atoms with Crippen molar-refractivity contribution in [2.24, 2.45) is 17.8 Å². The van der Waals surface area contributed by atoms with E-state index in [9.17, 15) is 9.00 Å². The fourth-order valence-electron chi connectivity index (χ4n) is 5.23. The normalized spacial score (nSPS) is 33.5. The molecule has 2 saturated heterocycles. The highest BCUT2D eigenvalue weighted by molar-refractivity contribution is 7.83. The minimum Gasteiger partial charge on any atom is -0.335 e. The van der Waals surface area contributed by atoms with Gasteiger partial charge in [-0.05, 0) is 67.6 Å². The smallest absolute Gasteiger partial charge is 0.254 e. The van der Waals surface area contributed by atoms with Crippen LogP contribution in [0, 0.1) is 17.8 Å². The van der Waals surface area contributed by atoms with Crippen LogP contribution in [0.5, 0.6) is 0 Å². The number of benzene rings is 1. The van der Waals surface area contributed by atoms with Crippen LogP contribution < -0.4 is 0 Å². The molecule has 0 aromatic heterocycles. The Hall–Kier alpha value is -1.16. The summed E-state index contributed by atoms with van der Waals surface area (Å²) in [5.41, 5.74) is 1.77. The van der Waals surface area contributed by atoms with Crippen molar-refractivity contribution in [3.63, 3.8) is 0 Å². The fourth-order valence-corrected chi connectivity index (χ4v) is 5.88. The highest BCUT2D eigenvalue weighted by Gasteiger charge is 2.44. The third-order valence-corrected chi connectivity index (χ3v) is 6.65. The van der Waals surface area contributed by atoms with Crippen molar-refractivity contribution in [3.8, 4) is 0 Å². The van der Waals surface area contributed by atoms with E-state index in [0.29, 0.717) is 17.7 Å². The van der Waals surface area contributed by atoms with E-state index < -0.39 is 10.8 Å². The summed E-state index contributed by atoms with van der Waals surface area (Å²) in [5, 5.41) is 0. The van der Waals surface area contributed by atoms with Gasteiger partial charge < -0.3 is 4.90 Å². The van der Waals surface area contributed by atoms with Crippen LogP contribution in [0.15, 0.2) is 24.3 Å². The number of rotatable bonds is 3. The number of carbonyl (C=O) groups excluding carboxylic acids is 1. The molecule has 4 fully saturated rings. The summed E-state index contributed by atoms with van der Waals surface area (Å²) in [6, 6.07) is 8.20. The second-order valence-electron chi connectivity index (χ2n) is 7.81. The standard InChI is InChI=1S/C19H25NO2S/c1-23(22)12-13-3-2-4-17(8-13)19(21)20-11-16-6-14-5-15(7-16)10-18(20)9-14/h2-4,8,14-16,18H,5-7,9-12H2,1H3/t14-,15+,16?,18?,23-/m0/s1. The molecule has 1 amide bonds. The van der Waals surface area contributed by atoms with Crippen molar-refractivity contribution >= 4 is 16.7 Å². The predicted molar refractivity (Wildman–Crippen MR) is 92.6 cm³/mol. The first kappa shape index (κ1) is 15.4. The highest BCUT2D eigenvalue weighted by Crippen LogP contribution is 2.47. The Bertz CT molecular complexity index is 630. The van der Waals surface area contributed by atoms with Gasteiger partial charge in [-0.2, -0.15) is 0 Å². The summed E-state index contributed by atoms with van der Waals surface area (Å²) in [4.78, 5) is 15.3. The minimum atomic E-state index is -0.874. The third kappa shape index (κ3) is 3.10. The Kier molecular flexibility index (Phi) is 4.04. The second kappa shape index (κ2) is 6.04. The van der Waals surface area contributed by atoms with Crippen LogP contribution in [0.4, 0.5) is 0 Å². The van der Waals surface area contributed by atoms with Gasteiger partial charge in [0, 0.05) is 41.0 Å². The van der Waals surface area contributed by atoms with E-state index >= 15 is 0 Å². The summed E-state index contributed by atoms with van der Waals surface area (Å²) in [7, 11) is -0.874. The van der Waals surface area contributed by atoms with Crippen LogP contribution in [0.3, 0.4) is 0 Å². The number of nitrogens with zero attached hydrogens (tertiary/aromatic N) is 1. The molecular formula is C19H25NO2S. The van der Waals surface area contributed by atoms with Gasteiger partial charge in [-0.3, -0.25) is 9.00 Å². The maximum atomic E-state index is 13.1. The summed E-state index contributed by atoms with van der Waals surface area (Å²) in [5.74, 6) is 3.12. The monoisotopic (exact) mass is 331 g/mol. The van der Waals surface area contributed by atoms with E-state index in [0.717, 1.165) is 29.5 Å². The predicted octanol–water partition coefficient (Wildman–Crippen LogP) is 3.22. The molecule has 4 aliphatic rings. The van der Waals surface area contributed by atoms with E-state index in [2.05, 4.69) is 4.90 Å². The Morgan fingerprint density at radius 2 is 1.83 bits per heavy atom. The molecule has 0 radical (unpaired) electrons. The minimum absolute atomic E-state index is 0.187. The van der Waals surface area contributed by atoms with Crippen LogP contribution in [0.2, 0.25) is 0 Å². The number of fused-ring (bicyclic) bond motifs is 1. The molecule has 1 aromatic carbocycles. The van der Waals surface area contributed by atoms with Crippen LogP contribution in [0.25, 0.3) is 0 Å². The molecule has 2 saturated carbocycles. The highest BCUT2D eigenvalue weighted by atomic mass is 32.2. The molecular weight excluding hydrogens is 306 g/mol. The molecule has 5 rings (SSSR count). The molecule has 2 aliphatic carbocycles. The van der Waals surface area contributed by atoms with Crippen molar-refractivity contribution in [3.05, 3.63) is 35.4 Å². The molecule has 124 valence electrons. The molecule has 3 nitrogen and oxygen atoms in total. The number of carbonyl (C=O) groups is 1. The lowest BCUT2D eigenvalue weighted by molar-refractivity contribution is 0.0632. The Balaban J connectivity index is 1.58. The maximum Gasteiger partial charge on any atom is 0.254 e. The summed E-state index contributed by atoms with van der Waals surface area (Å²) in [6.45, 7) is 0.945. The average molecular weight is 331 g/mol. The number of hydrogen-bond acceptors (Lipinski definition) is 2. The first-order valence-electron chi connectivity index (χ1n) is 8.78. The van der Waals surface area contributed by atoms with Gasteiger partial charge in [0.15, 0.2) is 0 Å². The van der Waals surface area contributed by atoms with E-state index in [1.807, 2.05) is 24.3 Å². The van der Waals surface area contributed by atoms with Gasteiger partial charge in [-0.15, -0.1) is 0 Å². The summed E-state index contributed by atoms with van der Waals surface area (Å²) < 4.78 is 11.4. The van der Waals surface area contributed by atoms with Crippen molar-refractivity contribution in [1.82, 2.24) is 4.90 Å². The lowest BCUT2D eigenvalue weighted by atomic mass is 9.68. The van der Waals surface area contributed by atoms with Gasteiger partial charge in [-0.1, -0.05) is 12.1 Å². The van der Waals surface area contributed by atoms with E-state index in [1.54, 1.807) is 6.26 Å². The van der Waals surface area contributed by atoms with Gasteiger partial charge in [0.05, 0.1) is 0 Å². The average Bonchev–Trinajstić information content (AvgIpc) is 2.70. The van der Waals surface area contributed by atoms with Crippen molar-refractivity contribution < 1.29 is 9.00 Å². The molecule has 0 N–H and O–H groups in total. The molecule has 4 heteroatoms. The van der Waals surface area contributed by atoms with Gasteiger partial charge in [0.2, 0.25) is 0 Å². The zero-order chi connectivity index (χ0) is 16.0. The summed E-state index contributed by atoms with van der Waals surface area (Å²) in [6.07, 6.45) is 8.16. The number of hydrogen-bond donors (Lipinski definition) is 0. The molecule has 4 bridgehead atoms. The van der Waals surface area contributed by atoms with Gasteiger partial charge in [0.1, 0.15) is 0 Å². The largest absolute Gasteiger partial charge is 0.335 e. The topological polar surface area (TPSA) is 37.4 Å². The first-order valence-corrected chi connectivity index (χ1v) is 10.5. The molecule has 2 unspecified atom stereocenters. The molecule has 2 heterocycles. The van der Waals surface area contributed by atoms with Crippen LogP contribution in [0.1, 0.15) is 48.0 Å².